The van der Waals surface area contributed by atoms with Gasteiger partial charge in [0.25, 0.3) is 0 Å². The van der Waals surface area contributed by atoms with Crippen LogP contribution in [0, 0.1) is 5.92 Å². The standard InChI is InChI=1S/C15H26N2O2/c18-15(19)4-3-12-5-8-17(11-12)14-6-9-16-7-1-2-13(16)10-14/h12-14H,1-11H2,(H,18,19). The van der Waals surface area contributed by atoms with E-state index in [0.717, 1.165) is 25.0 Å². The molecule has 0 bridgehead atoms. The van der Waals surface area contributed by atoms with Gasteiger partial charge in [0.15, 0.2) is 0 Å². The summed E-state index contributed by atoms with van der Waals surface area (Å²) >= 11 is 0. The summed E-state index contributed by atoms with van der Waals surface area (Å²) in [5, 5.41) is 8.77. The van der Waals surface area contributed by atoms with E-state index in [1.807, 2.05) is 0 Å². The fourth-order valence-corrected chi connectivity index (χ4v) is 4.29. The van der Waals surface area contributed by atoms with Gasteiger partial charge in [0.05, 0.1) is 0 Å². The zero-order valence-corrected chi connectivity index (χ0v) is 11.8. The lowest BCUT2D eigenvalue weighted by Crippen LogP contribution is -2.46. The summed E-state index contributed by atoms with van der Waals surface area (Å²) in [5.41, 5.74) is 0. The van der Waals surface area contributed by atoms with E-state index in [1.165, 1.54) is 51.7 Å². The average molecular weight is 266 g/mol. The summed E-state index contributed by atoms with van der Waals surface area (Å²) in [6.45, 7) is 4.94. The van der Waals surface area contributed by atoms with Crippen LogP contribution in [-0.2, 0) is 4.79 Å². The number of carbonyl (C=O) groups is 1. The third-order valence-corrected chi connectivity index (χ3v) is 5.39. The molecule has 0 aromatic rings. The van der Waals surface area contributed by atoms with Crippen molar-refractivity contribution in [2.45, 2.75) is 57.0 Å². The van der Waals surface area contributed by atoms with Gasteiger partial charge < -0.3 is 10.0 Å². The minimum atomic E-state index is -0.641. The zero-order chi connectivity index (χ0) is 13.2. The van der Waals surface area contributed by atoms with E-state index in [2.05, 4.69) is 9.80 Å². The lowest BCUT2D eigenvalue weighted by atomic mass is 9.96. The largest absolute Gasteiger partial charge is 0.481 e. The van der Waals surface area contributed by atoms with Crippen molar-refractivity contribution in [2.75, 3.05) is 26.2 Å². The second kappa shape index (κ2) is 5.80. The van der Waals surface area contributed by atoms with E-state index in [9.17, 15) is 4.79 Å². The SMILES string of the molecule is O=C(O)CCC1CCN(C2CCN3CCCC3C2)C1. The summed E-state index contributed by atoms with van der Waals surface area (Å²) in [5.74, 6) is -0.0181. The summed E-state index contributed by atoms with van der Waals surface area (Å²) < 4.78 is 0. The summed E-state index contributed by atoms with van der Waals surface area (Å²) in [6, 6.07) is 1.62. The summed E-state index contributed by atoms with van der Waals surface area (Å²) in [7, 11) is 0. The van der Waals surface area contributed by atoms with Gasteiger partial charge >= 0.3 is 5.97 Å². The van der Waals surface area contributed by atoms with Crippen LogP contribution in [-0.4, -0.2) is 59.1 Å². The van der Waals surface area contributed by atoms with Gasteiger partial charge in [-0.3, -0.25) is 9.69 Å². The first kappa shape index (κ1) is 13.4. The van der Waals surface area contributed by atoms with E-state index in [4.69, 9.17) is 5.11 Å². The number of carboxylic acids is 1. The molecule has 0 radical (unpaired) electrons. The number of hydrogen-bond acceptors (Lipinski definition) is 3. The molecule has 1 N–H and O–H groups in total. The number of nitrogens with zero attached hydrogens (tertiary/aromatic N) is 2. The van der Waals surface area contributed by atoms with Gasteiger partial charge in [0.1, 0.15) is 0 Å². The van der Waals surface area contributed by atoms with Gasteiger partial charge in [-0.05, 0) is 64.1 Å². The highest BCUT2D eigenvalue weighted by atomic mass is 16.4. The van der Waals surface area contributed by atoms with Crippen LogP contribution in [0.4, 0.5) is 0 Å². The Balaban J connectivity index is 1.47. The Morgan fingerprint density at radius 2 is 1.84 bits per heavy atom. The molecule has 0 amide bonds. The third kappa shape index (κ3) is 3.11. The fourth-order valence-electron chi connectivity index (χ4n) is 4.29. The van der Waals surface area contributed by atoms with Crippen LogP contribution in [0.2, 0.25) is 0 Å². The molecule has 0 spiro atoms. The first-order chi connectivity index (χ1) is 9.22. The zero-order valence-electron chi connectivity index (χ0n) is 11.8. The molecule has 3 aliphatic heterocycles. The molecule has 0 aromatic heterocycles. The van der Waals surface area contributed by atoms with Crippen LogP contribution in [0.5, 0.6) is 0 Å². The van der Waals surface area contributed by atoms with Gasteiger partial charge in [-0.15, -0.1) is 0 Å². The highest BCUT2D eigenvalue weighted by Crippen LogP contribution is 2.32. The van der Waals surface area contributed by atoms with E-state index < -0.39 is 5.97 Å². The molecule has 3 atom stereocenters. The number of rotatable bonds is 4. The Hall–Kier alpha value is -0.610. The second-order valence-electron chi connectivity index (χ2n) is 6.59. The molecule has 3 saturated heterocycles. The average Bonchev–Trinajstić information content (AvgIpc) is 3.04. The molecule has 19 heavy (non-hydrogen) atoms. The van der Waals surface area contributed by atoms with Crippen molar-refractivity contribution in [3.63, 3.8) is 0 Å². The molecule has 3 heterocycles. The molecule has 3 aliphatic rings. The van der Waals surface area contributed by atoms with Crippen molar-refractivity contribution in [3.8, 4) is 0 Å². The van der Waals surface area contributed by atoms with Crippen LogP contribution in [0.3, 0.4) is 0 Å². The molecule has 108 valence electrons. The van der Waals surface area contributed by atoms with Gasteiger partial charge in [-0.1, -0.05) is 0 Å². The lowest BCUT2D eigenvalue weighted by molar-refractivity contribution is -0.137. The molecule has 3 unspecified atom stereocenters. The predicted octanol–water partition coefficient (Wildman–Crippen LogP) is 1.80. The topological polar surface area (TPSA) is 43.8 Å². The van der Waals surface area contributed by atoms with E-state index in [-0.39, 0.29) is 0 Å². The normalized spacial score (nSPS) is 36.5. The number of aliphatic carboxylic acids is 1. The fraction of sp³-hybridized carbons (Fsp3) is 0.933. The molecule has 3 rings (SSSR count). The van der Waals surface area contributed by atoms with Crippen molar-refractivity contribution in [2.24, 2.45) is 5.92 Å². The smallest absolute Gasteiger partial charge is 0.303 e. The van der Waals surface area contributed by atoms with Crippen LogP contribution in [0.15, 0.2) is 0 Å². The molecule has 0 saturated carbocycles. The molecule has 0 aromatic carbocycles. The van der Waals surface area contributed by atoms with Gasteiger partial charge in [0, 0.05) is 25.0 Å². The van der Waals surface area contributed by atoms with Crippen LogP contribution < -0.4 is 0 Å². The van der Waals surface area contributed by atoms with Gasteiger partial charge in [-0.2, -0.15) is 0 Å². The Labute approximate surface area is 115 Å². The first-order valence-electron chi connectivity index (χ1n) is 7.92. The Morgan fingerprint density at radius 3 is 2.68 bits per heavy atom. The quantitative estimate of drug-likeness (QED) is 0.842. The van der Waals surface area contributed by atoms with Crippen molar-refractivity contribution >= 4 is 5.97 Å². The maximum absolute atomic E-state index is 10.6. The summed E-state index contributed by atoms with van der Waals surface area (Å²) in [6.07, 6.45) is 7.88. The molecule has 4 heteroatoms. The van der Waals surface area contributed by atoms with E-state index >= 15 is 0 Å². The maximum Gasteiger partial charge on any atom is 0.303 e. The Morgan fingerprint density at radius 1 is 1.05 bits per heavy atom. The molecule has 4 nitrogen and oxygen atoms in total. The minimum absolute atomic E-state index is 0.347. The number of fused-ring (bicyclic) bond motifs is 1. The van der Waals surface area contributed by atoms with Crippen molar-refractivity contribution in [1.29, 1.82) is 0 Å². The molecular weight excluding hydrogens is 240 g/mol. The lowest BCUT2D eigenvalue weighted by Gasteiger charge is -2.39. The number of hydrogen-bond donors (Lipinski definition) is 1. The molecule has 3 fully saturated rings. The number of carboxylic acid groups (broad SMARTS) is 1. The van der Waals surface area contributed by atoms with Crippen molar-refractivity contribution in [1.82, 2.24) is 9.80 Å². The summed E-state index contributed by atoms with van der Waals surface area (Å²) in [4.78, 5) is 16.0. The van der Waals surface area contributed by atoms with Gasteiger partial charge in [0.2, 0.25) is 0 Å². The van der Waals surface area contributed by atoms with Gasteiger partial charge in [-0.25, -0.2) is 0 Å². The Bertz CT molecular complexity index is 334. The van der Waals surface area contributed by atoms with Crippen LogP contribution in [0.25, 0.3) is 0 Å². The third-order valence-electron chi connectivity index (χ3n) is 5.39. The highest BCUT2D eigenvalue weighted by molar-refractivity contribution is 5.66. The Kier molecular flexibility index (Phi) is 4.08. The second-order valence-corrected chi connectivity index (χ2v) is 6.59. The number of piperidine rings is 1. The van der Waals surface area contributed by atoms with Crippen LogP contribution >= 0.6 is 0 Å². The first-order valence-corrected chi connectivity index (χ1v) is 7.92. The van der Waals surface area contributed by atoms with Crippen LogP contribution in [0.1, 0.15) is 44.9 Å². The monoisotopic (exact) mass is 266 g/mol. The maximum atomic E-state index is 10.6. The van der Waals surface area contributed by atoms with E-state index in [0.29, 0.717) is 12.3 Å². The minimum Gasteiger partial charge on any atom is -0.481 e. The molecule has 0 aliphatic carbocycles. The molecular formula is C15H26N2O2. The van der Waals surface area contributed by atoms with Crippen molar-refractivity contribution < 1.29 is 9.90 Å². The highest BCUT2D eigenvalue weighted by Gasteiger charge is 2.36. The van der Waals surface area contributed by atoms with Crippen molar-refractivity contribution in [3.05, 3.63) is 0 Å². The number of likely N-dealkylation sites (tertiary alicyclic amines) is 1. The van der Waals surface area contributed by atoms with E-state index in [1.54, 1.807) is 0 Å². The predicted molar refractivity (Wildman–Crippen MR) is 74.2 cm³/mol.